The molecule has 1 aliphatic rings. The molecule has 0 aliphatic heterocycles. The fraction of sp³-hybridized carbons (Fsp3) is 0.923. The van der Waals surface area contributed by atoms with Crippen molar-refractivity contribution in [2.24, 2.45) is 5.73 Å². The minimum atomic E-state index is -1.07. The van der Waals surface area contributed by atoms with Gasteiger partial charge in [0.05, 0.1) is 25.4 Å². The monoisotopic (exact) mass is 259 g/mol. The first-order valence-corrected chi connectivity index (χ1v) is 6.60. The molecule has 0 heterocycles. The number of carbonyl (C=O) groups excluding carboxylic acids is 1. The normalized spacial score (nSPS) is 27.6. The van der Waals surface area contributed by atoms with E-state index >= 15 is 0 Å². The number of nitrogens with two attached hydrogens (primary N) is 1. The first kappa shape index (κ1) is 15.4. The van der Waals surface area contributed by atoms with E-state index in [9.17, 15) is 4.79 Å². The fourth-order valence-corrected chi connectivity index (χ4v) is 2.11. The zero-order chi connectivity index (χ0) is 13.6. The zero-order valence-corrected chi connectivity index (χ0v) is 11.6. The average molecular weight is 259 g/mol. The number of methoxy groups -OCH3 is 1. The third-order valence-corrected chi connectivity index (χ3v) is 3.27. The lowest BCUT2D eigenvalue weighted by molar-refractivity contribution is -0.153. The second-order valence-electron chi connectivity index (χ2n) is 5.10. The molecule has 3 unspecified atom stereocenters. The maximum absolute atomic E-state index is 11.6. The van der Waals surface area contributed by atoms with Crippen LogP contribution in [0.25, 0.3) is 0 Å². The van der Waals surface area contributed by atoms with Gasteiger partial charge in [-0.2, -0.15) is 0 Å². The molecule has 1 rings (SSSR count). The quantitative estimate of drug-likeness (QED) is 0.727. The van der Waals surface area contributed by atoms with Gasteiger partial charge in [0.2, 0.25) is 0 Å². The lowest BCUT2D eigenvalue weighted by atomic mass is 9.94. The minimum absolute atomic E-state index is 0.126. The molecule has 0 aromatic rings. The Morgan fingerprint density at radius 2 is 2.06 bits per heavy atom. The largest absolute Gasteiger partial charge is 0.465 e. The number of hydrogen-bond acceptors (Lipinski definition) is 5. The van der Waals surface area contributed by atoms with Crippen LogP contribution in [-0.2, 0) is 19.0 Å². The average Bonchev–Trinajstić information content (AvgIpc) is 2.37. The summed E-state index contributed by atoms with van der Waals surface area (Å²) < 4.78 is 16.0. The highest BCUT2D eigenvalue weighted by molar-refractivity contribution is 5.80. The van der Waals surface area contributed by atoms with E-state index in [1.807, 2.05) is 0 Å². The van der Waals surface area contributed by atoms with Crippen molar-refractivity contribution in [2.75, 3.05) is 20.3 Å². The van der Waals surface area contributed by atoms with Crippen molar-refractivity contribution < 1.29 is 19.0 Å². The van der Waals surface area contributed by atoms with Gasteiger partial charge in [0.25, 0.3) is 0 Å². The smallest absolute Gasteiger partial charge is 0.328 e. The van der Waals surface area contributed by atoms with E-state index < -0.39 is 11.5 Å². The van der Waals surface area contributed by atoms with Crippen molar-refractivity contribution in [1.29, 1.82) is 0 Å². The Labute approximate surface area is 109 Å². The van der Waals surface area contributed by atoms with Gasteiger partial charge in [-0.25, -0.2) is 4.79 Å². The fourth-order valence-electron chi connectivity index (χ4n) is 2.11. The molecule has 3 atom stereocenters. The van der Waals surface area contributed by atoms with E-state index in [1.165, 1.54) is 0 Å². The second kappa shape index (κ2) is 7.07. The van der Waals surface area contributed by atoms with Gasteiger partial charge < -0.3 is 19.9 Å². The van der Waals surface area contributed by atoms with Gasteiger partial charge in [-0.3, -0.25) is 0 Å². The van der Waals surface area contributed by atoms with Gasteiger partial charge in [0.1, 0.15) is 5.54 Å². The van der Waals surface area contributed by atoms with Crippen LogP contribution in [0.2, 0.25) is 0 Å². The molecule has 0 amide bonds. The highest BCUT2D eigenvalue weighted by Crippen LogP contribution is 2.23. The zero-order valence-electron chi connectivity index (χ0n) is 11.6. The predicted molar refractivity (Wildman–Crippen MR) is 68.2 cm³/mol. The van der Waals surface area contributed by atoms with Crippen LogP contribution in [0.5, 0.6) is 0 Å². The molecule has 1 fully saturated rings. The molecule has 0 bridgehead atoms. The lowest BCUT2D eigenvalue weighted by Crippen LogP contribution is -2.51. The number of carbonyl (C=O) groups is 1. The van der Waals surface area contributed by atoms with Crippen molar-refractivity contribution in [2.45, 2.75) is 57.3 Å². The molecule has 106 valence electrons. The predicted octanol–water partition coefficient (Wildman–Crippen LogP) is 1.24. The Morgan fingerprint density at radius 3 is 2.67 bits per heavy atom. The van der Waals surface area contributed by atoms with Gasteiger partial charge >= 0.3 is 5.97 Å². The third kappa shape index (κ3) is 4.55. The van der Waals surface area contributed by atoms with Crippen LogP contribution < -0.4 is 5.73 Å². The minimum Gasteiger partial charge on any atom is -0.465 e. The van der Waals surface area contributed by atoms with E-state index in [-0.39, 0.29) is 18.8 Å². The number of hydrogen-bond donors (Lipinski definition) is 1. The molecule has 5 nitrogen and oxygen atoms in total. The van der Waals surface area contributed by atoms with E-state index in [2.05, 4.69) is 0 Å². The van der Waals surface area contributed by atoms with Crippen molar-refractivity contribution >= 4 is 5.97 Å². The van der Waals surface area contributed by atoms with E-state index in [0.29, 0.717) is 6.61 Å². The van der Waals surface area contributed by atoms with Crippen LogP contribution in [0.1, 0.15) is 39.5 Å². The Morgan fingerprint density at radius 1 is 1.39 bits per heavy atom. The lowest BCUT2D eigenvalue weighted by Gasteiger charge is -2.31. The molecule has 0 aromatic heterocycles. The molecular formula is C13H25NO4. The van der Waals surface area contributed by atoms with Gasteiger partial charge in [-0.15, -0.1) is 0 Å². The second-order valence-corrected chi connectivity index (χ2v) is 5.10. The molecule has 1 saturated carbocycles. The van der Waals surface area contributed by atoms with Crippen LogP contribution in [0, 0.1) is 0 Å². The van der Waals surface area contributed by atoms with Crippen molar-refractivity contribution in [1.82, 2.24) is 0 Å². The van der Waals surface area contributed by atoms with Crippen molar-refractivity contribution in [3.63, 3.8) is 0 Å². The first-order valence-electron chi connectivity index (χ1n) is 6.60. The highest BCUT2D eigenvalue weighted by Gasteiger charge is 2.32. The van der Waals surface area contributed by atoms with E-state index in [1.54, 1.807) is 21.0 Å². The molecule has 18 heavy (non-hydrogen) atoms. The summed E-state index contributed by atoms with van der Waals surface area (Å²) in [5.41, 5.74) is 4.83. The standard InChI is InChI=1S/C13H25NO4/c1-4-17-12(15)13(2,14)9-18-11-7-5-6-10(8-11)16-3/h10-11H,4-9,14H2,1-3H3. The molecule has 2 N–H and O–H groups in total. The summed E-state index contributed by atoms with van der Waals surface area (Å²) in [5, 5.41) is 0. The van der Waals surface area contributed by atoms with Crippen molar-refractivity contribution in [3.05, 3.63) is 0 Å². The van der Waals surface area contributed by atoms with Crippen LogP contribution in [0.15, 0.2) is 0 Å². The Balaban J connectivity index is 2.37. The molecule has 0 aromatic carbocycles. The third-order valence-electron chi connectivity index (χ3n) is 3.27. The van der Waals surface area contributed by atoms with E-state index in [0.717, 1.165) is 25.7 Å². The molecule has 0 spiro atoms. The topological polar surface area (TPSA) is 70.8 Å². The van der Waals surface area contributed by atoms with E-state index in [4.69, 9.17) is 19.9 Å². The summed E-state index contributed by atoms with van der Waals surface area (Å²) in [6.45, 7) is 3.93. The van der Waals surface area contributed by atoms with Crippen molar-refractivity contribution in [3.8, 4) is 0 Å². The SMILES string of the molecule is CCOC(=O)C(C)(N)COC1CCCC(OC)C1. The number of esters is 1. The maximum Gasteiger partial charge on any atom is 0.328 e. The Kier molecular flexibility index (Phi) is 6.05. The maximum atomic E-state index is 11.6. The summed E-state index contributed by atoms with van der Waals surface area (Å²) in [7, 11) is 1.72. The van der Waals surface area contributed by atoms with Gasteiger partial charge in [0, 0.05) is 7.11 Å². The molecule has 1 aliphatic carbocycles. The number of ether oxygens (including phenoxy) is 3. The molecule has 0 saturated heterocycles. The summed E-state index contributed by atoms with van der Waals surface area (Å²) >= 11 is 0. The Hall–Kier alpha value is -0.650. The summed E-state index contributed by atoms with van der Waals surface area (Å²) in [6.07, 6.45) is 4.42. The number of rotatable bonds is 6. The molecular weight excluding hydrogens is 234 g/mol. The van der Waals surface area contributed by atoms with Crippen LogP contribution in [0.3, 0.4) is 0 Å². The first-order chi connectivity index (χ1) is 8.49. The highest BCUT2D eigenvalue weighted by atomic mass is 16.5. The van der Waals surface area contributed by atoms with Gasteiger partial charge in [0.15, 0.2) is 0 Å². The summed E-state index contributed by atoms with van der Waals surface area (Å²) in [5.74, 6) is -0.413. The Bertz CT molecular complexity index is 268. The molecule has 5 heteroatoms. The van der Waals surface area contributed by atoms with Gasteiger partial charge in [-0.1, -0.05) is 0 Å². The summed E-state index contributed by atoms with van der Waals surface area (Å²) in [4.78, 5) is 11.6. The van der Waals surface area contributed by atoms with Gasteiger partial charge in [-0.05, 0) is 39.5 Å². The molecule has 0 radical (unpaired) electrons. The van der Waals surface area contributed by atoms with Crippen LogP contribution in [-0.4, -0.2) is 44.0 Å². The van der Waals surface area contributed by atoms with Crippen LogP contribution in [0.4, 0.5) is 0 Å². The van der Waals surface area contributed by atoms with Crippen LogP contribution >= 0.6 is 0 Å². The summed E-state index contributed by atoms with van der Waals surface area (Å²) in [6, 6.07) is 0.